The van der Waals surface area contributed by atoms with Gasteiger partial charge in [-0.05, 0) is 55.5 Å². The minimum absolute atomic E-state index is 0.0328. The van der Waals surface area contributed by atoms with Crippen LogP contribution in [0.2, 0.25) is 10.0 Å². The van der Waals surface area contributed by atoms with E-state index in [0.717, 1.165) is 0 Å². The van der Waals surface area contributed by atoms with Crippen LogP contribution in [0.1, 0.15) is 27.6 Å². The highest BCUT2D eigenvalue weighted by Crippen LogP contribution is 2.27. The van der Waals surface area contributed by atoms with Crippen molar-refractivity contribution in [3.63, 3.8) is 0 Å². The molecule has 3 rings (SSSR count). The Balaban J connectivity index is 1.81. The van der Waals surface area contributed by atoms with Crippen molar-refractivity contribution in [3.8, 4) is 0 Å². The van der Waals surface area contributed by atoms with Crippen LogP contribution < -0.4 is 10.0 Å². The molecule has 0 spiro atoms. The summed E-state index contributed by atoms with van der Waals surface area (Å²) in [6.45, 7) is 1.91. The normalized spacial score (nSPS) is 11.0. The Hall–Kier alpha value is -3.07. The van der Waals surface area contributed by atoms with Gasteiger partial charge >= 0.3 is 5.97 Å². The monoisotopic (exact) mass is 492 g/mol. The van der Waals surface area contributed by atoms with E-state index in [9.17, 15) is 18.0 Å². The Bertz CT molecular complexity index is 1260. The van der Waals surface area contributed by atoms with Crippen molar-refractivity contribution in [2.75, 3.05) is 16.6 Å². The van der Waals surface area contributed by atoms with Crippen LogP contribution in [0.25, 0.3) is 0 Å². The summed E-state index contributed by atoms with van der Waals surface area (Å²) in [4.78, 5) is 24.7. The third kappa shape index (κ3) is 5.59. The van der Waals surface area contributed by atoms with Gasteiger partial charge in [0.15, 0.2) is 0 Å². The predicted molar refractivity (Wildman–Crippen MR) is 124 cm³/mol. The van der Waals surface area contributed by atoms with E-state index in [-0.39, 0.29) is 44.0 Å². The molecule has 0 saturated heterocycles. The highest BCUT2D eigenvalue weighted by molar-refractivity contribution is 7.92. The lowest BCUT2D eigenvalue weighted by Gasteiger charge is -2.12. The van der Waals surface area contributed by atoms with E-state index in [1.807, 2.05) is 0 Å². The molecule has 0 aliphatic rings. The molecule has 1 amide bonds. The van der Waals surface area contributed by atoms with Crippen LogP contribution >= 0.6 is 23.2 Å². The Labute approximate surface area is 195 Å². The first kappa shape index (κ1) is 23.6. The van der Waals surface area contributed by atoms with Crippen LogP contribution in [0.15, 0.2) is 71.6 Å². The molecule has 0 atom stereocenters. The van der Waals surface area contributed by atoms with E-state index in [0.29, 0.717) is 0 Å². The summed E-state index contributed by atoms with van der Waals surface area (Å²) in [6.07, 6.45) is 0. The third-order valence-corrected chi connectivity index (χ3v) is 6.28. The number of nitrogens with one attached hydrogen (secondary N) is 2. The Kier molecular flexibility index (Phi) is 7.40. The molecule has 0 radical (unpaired) electrons. The SMILES string of the molecule is CCOC(=O)c1ccc(NC(=O)c2cc(NS(=O)(=O)c3ccccc3)ccc2Cl)c(Cl)c1. The predicted octanol–water partition coefficient (Wildman–Crippen LogP) is 5.22. The lowest BCUT2D eigenvalue weighted by molar-refractivity contribution is 0.0526. The maximum absolute atomic E-state index is 12.8. The van der Waals surface area contributed by atoms with Gasteiger partial charge in [0.05, 0.1) is 38.4 Å². The highest BCUT2D eigenvalue weighted by atomic mass is 35.5. The van der Waals surface area contributed by atoms with Crippen LogP contribution in [0, 0.1) is 0 Å². The zero-order chi connectivity index (χ0) is 23.3. The zero-order valence-electron chi connectivity index (χ0n) is 16.8. The van der Waals surface area contributed by atoms with E-state index >= 15 is 0 Å². The van der Waals surface area contributed by atoms with E-state index in [1.54, 1.807) is 25.1 Å². The van der Waals surface area contributed by atoms with Gasteiger partial charge in [-0.15, -0.1) is 0 Å². The topological polar surface area (TPSA) is 102 Å². The molecule has 0 aromatic heterocycles. The van der Waals surface area contributed by atoms with Crippen molar-refractivity contribution in [2.45, 2.75) is 11.8 Å². The molecule has 166 valence electrons. The van der Waals surface area contributed by atoms with Crippen molar-refractivity contribution < 1.29 is 22.7 Å². The molecule has 3 aromatic rings. The first-order valence-corrected chi connectivity index (χ1v) is 11.6. The number of halogens is 2. The Morgan fingerprint density at radius 3 is 2.31 bits per heavy atom. The van der Waals surface area contributed by atoms with Crippen LogP contribution in [0.3, 0.4) is 0 Å². The maximum Gasteiger partial charge on any atom is 0.338 e. The molecular formula is C22H18Cl2N2O5S. The second kappa shape index (κ2) is 10.0. The van der Waals surface area contributed by atoms with E-state index in [1.165, 1.54) is 48.5 Å². The fraction of sp³-hybridized carbons (Fsp3) is 0.0909. The molecule has 0 aliphatic carbocycles. The van der Waals surface area contributed by atoms with Gasteiger partial charge in [-0.1, -0.05) is 41.4 Å². The molecule has 0 bridgehead atoms. The highest BCUT2D eigenvalue weighted by Gasteiger charge is 2.18. The number of carbonyl (C=O) groups excluding carboxylic acids is 2. The molecule has 7 nitrogen and oxygen atoms in total. The number of anilines is 2. The van der Waals surface area contributed by atoms with Crippen molar-refractivity contribution >= 4 is 56.5 Å². The second-order valence-electron chi connectivity index (χ2n) is 6.48. The third-order valence-electron chi connectivity index (χ3n) is 4.25. The van der Waals surface area contributed by atoms with E-state index < -0.39 is 21.9 Å². The minimum Gasteiger partial charge on any atom is -0.462 e. The molecule has 10 heteroatoms. The summed E-state index contributed by atoms with van der Waals surface area (Å²) in [5, 5.41) is 2.84. The Morgan fingerprint density at radius 2 is 1.66 bits per heavy atom. The smallest absolute Gasteiger partial charge is 0.338 e. The van der Waals surface area contributed by atoms with Gasteiger partial charge in [0.25, 0.3) is 15.9 Å². The zero-order valence-corrected chi connectivity index (χ0v) is 19.1. The van der Waals surface area contributed by atoms with E-state index in [4.69, 9.17) is 27.9 Å². The summed E-state index contributed by atoms with van der Waals surface area (Å²) < 4.78 is 32.4. The second-order valence-corrected chi connectivity index (χ2v) is 8.98. The summed E-state index contributed by atoms with van der Waals surface area (Å²) in [6, 6.07) is 16.3. The van der Waals surface area contributed by atoms with Crippen LogP contribution in [0.4, 0.5) is 11.4 Å². The first-order chi connectivity index (χ1) is 15.2. The average molecular weight is 493 g/mol. The van der Waals surface area contributed by atoms with Crippen molar-refractivity contribution in [2.24, 2.45) is 0 Å². The summed E-state index contributed by atoms with van der Waals surface area (Å²) in [7, 11) is -3.84. The molecule has 0 aliphatic heterocycles. The van der Waals surface area contributed by atoms with Crippen molar-refractivity contribution in [1.29, 1.82) is 0 Å². The maximum atomic E-state index is 12.8. The quantitative estimate of drug-likeness (QED) is 0.440. The molecular weight excluding hydrogens is 475 g/mol. The average Bonchev–Trinajstić information content (AvgIpc) is 2.77. The van der Waals surface area contributed by atoms with Crippen LogP contribution in [0.5, 0.6) is 0 Å². The van der Waals surface area contributed by atoms with Gasteiger partial charge in [-0.2, -0.15) is 0 Å². The molecule has 2 N–H and O–H groups in total. The number of benzene rings is 3. The summed E-state index contributed by atoms with van der Waals surface area (Å²) in [5.74, 6) is -1.14. The number of hydrogen-bond donors (Lipinski definition) is 2. The standard InChI is InChI=1S/C22H18Cl2N2O5S/c1-2-31-22(28)14-8-11-20(19(24)12-14)25-21(27)17-13-15(9-10-18(17)23)26-32(29,30)16-6-4-3-5-7-16/h3-13,26H,2H2,1H3,(H,25,27). The van der Waals surface area contributed by atoms with Gasteiger partial charge in [-0.3, -0.25) is 9.52 Å². The van der Waals surface area contributed by atoms with Gasteiger partial charge in [0, 0.05) is 5.69 Å². The van der Waals surface area contributed by atoms with Crippen LogP contribution in [-0.2, 0) is 14.8 Å². The number of hydrogen-bond acceptors (Lipinski definition) is 5. The largest absolute Gasteiger partial charge is 0.462 e. The van der Waals surface area contributed by atoms with Gasteiger partial charge in [0.2, 0.25) is 0 Å². The van der Waals surface area contributed by atoms with Gasteiger partial charge in [-0.25, -0.2) is 13.2 Å². The number of sulfonamides is 1. The van der Waals surface area contributed by atoms with Gasteiger partial charge in [0.1, 0.15) is 0 Å². The number of ether oxygens (including phenoxy) is 1. The van der Waals surface area contributed by atoms with Crippen LogP contribution in [-0.4, -0.2) is 26.9 Å². The molecule has 0 unspecified atom stereocenters. The Morgan fingerprint density at radius 1 is 0.938 bits per heavy atom. The molecule has 0 fully saturated rings. The lowest BCUT2D eigenvalue weighted by atomic mass is 10.1. The first-order valence-electron chi connectivity index (χ1n) is 9.36. The number of esters is 1. The fourth-order valence-electron chi connectivity index (χ4n) is 2.72. The molecule has 32 heavy (non-hydrogen) atoms. The fourth-order valence-corrected chi connectivity index (χ4v) is 4.23. The molecule has 0 saturated carbocycles. The number of carbonyl (C=O) groups is 2. The lowest BCUT2D eigenvalue weighted by Crippen LogP contribution is -2.16. The molecule has 0 heterocycles. The minimum atomic E-state index is -3.84. The van der Waals surface area contributed by atoms with E-state index in [2.05, 4.69) is 10.0 Å². The number of rotatable bonds is 7. The number of amides is 1. The van der Waals surface area contributed by atoms with Crippen molar-refractivity contribution in [3.05, 3.63) is 87.9 Å². The summed E-state index contributed by atoms with van der Waals surface area (Å²) >= 11 is 12.3. The van der Waals surface area contributed by atoms with Crippen molar-refractivity contribution in [1.82, 2.24) is 0 Å². The summed E-state index contributed by atoms with van der Waals surface area (Å²) in [5.41, 5.74) is 0.680. The van der Waals surface area contributed by atoms with Gasteiger partial charge < -0.3 is 10.1 Å². The molecule has 3 aromatic carbocycles.